The molecule has 2 aromatic rings. The Hall–Kier alpha value is -2.59. The summed E-state index contributed by atoms with van der Waals surface area (Å²) in [4.78, 5) is 16.0. The van der Waals surface area contributed by atoms with Gasteiger partial charge < -0.3 is 19.5 Å². The standard InChI is InChI=1S/C35H45ClN2O6S/c1-22(2)16-33-32(43-3)8-4-7-30(39)27-12-9-25(27)19-38-20-35(15-5-6-23-17-26(36)11-13-28(23)35)21-44-31-14-10-24(18-29(31)38)34(40)37-45(33,41)42/h4,7,10-11,13-14,17-18,22,25,27,30,32-33,39H,5-6,8-9,12,15-16,19-21H2,1-3H3,(H,37,40)/b7-4+/t25-,27+,30-,32+,33-,35-/m0/s1. The van der Waals surface area contributed by atoms with E-state index in [-0.39, 0.29) is 28.7 Å². The van der Waals surface area contributed by atoms with E-state index >= 15 is 0 Å². The number of fused-ring (bicyclic) bond motifs is 4. The van der Waals surface area contributed by atoms with Gasteiger partial charge in [-0.2, -0.15) is 0 Å². The van der Waals surface area contributed by atoms with E-state index in [1.807, 2.05) is 26.0 Å². The summed E-state index contributed by atoms with van der Waals surface area (Å²) in [5.41, 5.74) is 3.25. The van der Waals surface area contributed by atoms with E-state index < -0.39 is 33.4 Å². The molecule has 6 atom stereocenters. The number of ether oxygens (including phenoxy) is 2. The molecule has 1 spiro atoms. The fourth-order valence-corrected chi connectivity index (χ4v) is 9.89. The Kier molecular flexibility index (Phi) is 9.27. The summed E-state index contributed by atoms with van der Waals surface area (Å²) in [6, 6.07) is 11.4. The summed E-state index contributed by atoms with van der Waals surface area (Å²) >= 11 is 6.40. The lowest BCUT2D eigenvalue weighted by molar-refractivity contribution is 0.0451. The summed E-state index contributed by atoms with van der Waals surface area (Å²) in [6.45, 7) is 5.76. The number of rotatable bonds is 3. The highest BCUT2D eigenvalue weighted by molar-refractivity contribution is 7.90. The van der Waals surface area contributed by atoms with Gasteiger partial charge in [-0.3, -0.25) is 4.79 Å². The third-order valence-electron chi connectivity index (χ3n) is 10.4. The van der Waals surface area contributed by atoms with Crippen LogP contribution in [0.3, 0.4) is 0 Å². The number of aliphatic hydroxyl groups excluding tert-OH is 1. The molecule has 8 nitrogen and oxygen atoms in total. The van der Waals surface area contributed by atoms with Crippen LogP contribution in [0.25, 0.3) is 0 Å². The van der Waals surface area contributed by atoms with Gasteiger partial charge in [0.15, 0.2) is 0 Å². The minimum Gasteiger partial charge on any atom is -0.490 e. The summed E-state index contributed by atoms with van der Waals surface area (Å²) < 4.78 is 42.1. The summed E-state index contributed by atoms with van der Waals surface area (Å²) in [5.74, 6) is 0.387. The summed E-state index contributed by atoms with van der Waals surface area (Å²) in [6.07, 6.45) is 7.80. The van der Waals surface area contributed by atoms with Gasteiger partial charge in [-0.25, -0.2) is 13.1 Å². The van der Waals surface area contributed by atoms with E-state index in [1.54, 1.807) is 24.3 Å². The van der Waals surface area contributed by atoms with Crippen LogP contribution < -0.4 is 14.4 Å². The molecule has 0 unspecified atom stereocenters. The molecule has 2 aromatic carbocycles. The highest BCUT2D eigenvalue weighted by Gasteiger charge is 2.44. The number of nitrogens with one attached hydrogen (secondary N) is 1. The quantitative estimate of drug-likeness (QED) is 0.412. The molecule has 45 heavy (non-hydrogen) atoms. The van der Waals surface area contributed by atoms with Gasteiger partial charge in [-0.15, -0.1) is 0 Å². The van der Waals surface area contributed by atoms with Crippen LogP contribution in [-0.2, 0) is 26.6 Å². The van der Waals surface area contributed by atoms with Crippen LogP contribution in [0.15, 0.2) is 48.6 Å². The Balaban J connectivity index is 1.42. The van der Waals surface area contributed by atoms with E-state index in [1.165, 1.54) is 18.2 Å². The van der Waals surface area contributed by atoms with Crippen LogP contribution in [-0.4, -0.2) is 63.7 Å². The predicted molar refractivity (Wildman–Crippen MR) is 177 cm³/mol. The van der Waals surface area contributed by atoms with Gasteiger partial charge in [0.2, 0.25) is 10.0 Å². The fraction of sp³-hybridized carbons (Fsp3) is 0.571. The normalized spacial score (nSPS) is 32.0. The highest BCUT2D eigenvalue weighted by atomic mass is 35.5. The van der Waals surface area contributed by atoms with Gasteiger partial charge >= 0.3 is 0 Å². The predicted octanol–water partition coefficient (Wildman–Crippen LogP) is 5.65. The number of hydrogen-bond acceptors (Lipinski definition) is 7. The number of sulfonamides is 1. The number of carbonyl (C=O) groups excluding carboxylic acids is 1. The maximum absolute atomic E-state index is 13.7. The van der Waals surface area contributed by atoms with Crippen LogP contribution in [0.5, 0.6) is 5.75 Å². The largest absolute Gasteiger partial charge is 0.490 e. The van der Waals surface area contributed by atoms with Crippen molar-refractivity contribution in [3.63, 3.8) is 0 Å². The molecule has 1 saturated carbocycles. The number of aliphatic hydroxyl groups is 1. The first-order valence-corrected chi connectivity index (χ1v) is 18.2. The molecule has 6 rings (SSSR count). The van der Waals surface area contributed by atoms with E-state index in [2.05, 4.69) is 21.8 Å². The number of carbonyl (C=O) groups is 1. The molecular weight excluding hydrogens is 612 g/mol. The number of benzene rings is 2. The van der Waals surface area contributed by atoms with Crippen molar-refractivity contribution < 1.29 is 27.8 Å². The highest BCUT2D eigenvalue weighted by Crippen LogP contribution is 2.46. The van der Waals surface area contributed by atoms with Crippen LogP contribution in [0.1, 0.15) is 73.9 Å². The summed E-state index contributed by atoms with van der Waals surface area (Å²) in [5, 5.41) is 11.1. The monoisotopic (exact) mass is 656 g/mol. The van der Waals surface area contributed by atoms with Crippen molar-refractivity contribution in [1.29, 1.82) is 0 Å². The minimum absolute atomic E-state index is 0.0571. The van der Waals surface area contributed by atoms with Gasteiger partial charge in [0.1, 0.15) is 11.0 Å². The van der Waals surface area contributed by atoms with Crippen molar-refractivity contribution in [2.45, 2.75) is 81.7 Å². The van der Waals surface area contributed by atoms with Gasteiger partial charge in [0, 0.05) is 36.2 Å². The van der Waals surface area contributed by atoms with Gasteiger partial charge in [-0.05, 0) is 104 Å². The lowest BCUT2D eigenvalue weighted by Crippen LogP contribution is -2.49. The van der Waals surface area contributed by atoms with Crippen LogP contribution >= 0.6 is 11.6 Å². The molecule has 2 bridgehead atoms. The van der Waals surface area contributed by atoms with Crippen molar-refractivity contribution in [3.8, 4) is 5.75 Å². The Morgan fingerprint density at radius 2 is 2.02 bits per heavy atom. The number of anilines is 1. The number of aryl methyl sites for hydroxylation is 1. The molecular formula is C35H45ClN2O6S. The lowest BCUT2D eigenvalue weighted by Gasteiger charge is -2.45. The van der Waals surface area contributed by atoms with Crippen molar-refractivity contribution in [1.82, 2.24) is 4.72 Å². The van der Waals surface area contributed by atoms with E-state index in [9.17, 15) is 18.3 Å². The Morgan fingerprint density at radius 3 is 2.76 bits per heavy atom. The number of amides is 1. The van der Waals surface area contributed by atoms with Gasteiger partial charge in [0.25, 0.3) is 5.91 Å². The molecule has 1 fully saturated rings. The first-order chi connectivity index (χ1) is 21.5. The molecule has 2 aliphatic heterocycles. The number of hydrogen-bond donors (Lipinski definition) is 2. The number of halogens is 1. The topological polar surface area (TPSA) is 105 Å². The van der Waals surface area contributed by atoms with E-state index in [0.717, 1.165) is 42.8 Å². The first kappa shape index (κ1) is 32.4. The molecule has 1 amide bonds. The van der Waals surface area contributed by atoms with Crippen LogP contribution in [0.4, 0.5) is 5.69 Å². The molecule has 244 valence electrons. The van der Waals surface area contributed by atoms with Gasteiger partial charge in [0.05, 0.1) is 24.5 Å². The maximum Gasteiger partial charge on any atom is 0.264 e. The van der Waals surface area contributed by atoms with Crippen molar-refractivity contribution >= 4 is 33.2 Å². The van der Waals surface area contributed by atoms with E-state index in [0.29, 0.717) is 38.3 Å². The first-order valence-electron chi connectivity index (χ1n) is 16.2. The Labute approximate surface area is 272 Å². The second-order valence-corrected chi connectivity index (χ2v) is 16.2. The molecule has 10 heteroatoms. The zero-order valence-electron chi connectivity index (χ0n) is 26.4. The smallest absolute Gasteiger partial charge is 0.264 e. The number of methoxy groups -OCH3 is 1. The van der Waals surface area contributed by atoms with E-state index in [4.69, 9.17) is 21.1 Å². The second kappa shape index (κ2) is 12.9. The zero-order valence-corrected chi connectivity index (χ0v) is 27.9. The Morgan fingerprint density at radius 1 is 1.20 bits per heavy atom. The Bertz CT molecular complexity index is 1560. The van der Waals surface area contributed by atoms with Crippen LogP contribution in [0, 0.1) is 17.8 Å². The van der Waals surface area contributed by atoms with Crippen molar-refractivity contribution in [2.24, 2.45) is 17.8 Å². The third-order valence-corrected chi connectivity index (χ3v) is 12.4. The van der Waals surface area contributed by atoms with Crippen molar-refractivity contribution in [3.05, 3.63) is 70.3 Å². The lowest BCUT2D eigenvalue weighted by atomic mass is 9.68. The fourth-order valence-electron chi connectivity index (χ4n) is 7.91. The van der Waals surface area contributed by atoms with Crippen molar-refractivity contribution in [2.75, 3.05) is 31.7 Å². The summed E-state index contributed by atoms with van der Waals surface area (Å²) in [7, 11) is -2.61. The molecule has 0 radical (unpaired) electrons. The molecule has 0 saturated heterocycles. The zero-order chi connectivity index (χ0) is 31.9. The van der Waals surface area contributed by atoms with Gasteiger partial charge in [-0.1, -0.05) is 43.7 Å². The minimum atomic E-state index is -4.10. The third kappa shape index (κ3) is 6.51. The SMILES string of the molecule is CO[C@@H]1C/C=C/[C@H](O)[C@@H]2CC[C@H]2CN2C[C@@]3(CCCc4cc(Cl)ccc43)COc3ccc(cc32)C(=O)NS(=O)(=O)[C@H]1CC(C)C. The number of nitrogens with zero attached hydrogens (tertiary/aromatic N) is 1. The van der Waals surface area contributed by atoms with Crippen LogP contribution in [0.2, 0.25) is 5.02 Å². The molecule has 2 aliphatic carbocycles. The average Bonchev–Trinajstić information content (AvgIpc) is 3.12. The maximum atomic E-state index is 13.7. The molecule has 0 aromatic heterocycles. The molecule has 4 aliphatic rings. The molecule has 2 heterocycles. The molecule has 2 N–H and O–H groups in total. The average molecular weight is 657 g/mol. The second-order valence-electron chi connectivity index (χ2n) is 13.9.